The predicted molar refractivity (Wildman–Crippen MR) is 49.4 cm³/mol. The van der Waals surface area contributed by atoms with Gasteiger partial charge in [-0.15, -0.1) is 0 Å². The van der Waals surface area contributed by atoms with Crippen LogP contribution in [0.4, 0.5) is 0 Å². The van der Waals surface area contributed by atoms with Crippen molar-refractivity contribution in [3.05, 3.63) is 35.5 Å². The molecule has 0 spiro atoms. The lowest BCUT2D eigenvalue weighted by Gasteiger charge is -1.92. The van der Waals surface area contributed by atoms with E-state index in [0.717, 1.165) is 12.8 Å². The van der Waals surface area contributed by atoms with Crippen LogP contribution in [0.5, 0.6) is 0 Å². The van der Waals surface area contributed by atoms with Crippen molar-refractivity contribution < 1.29 is 4.79 Å². The Morgan fingerprint density at radius 3 is 2.83 bits per heavy atom. The van der Waals surface area contributed by atoms with E-state index in [0.29, 0.717) is 5.57 Å². The molecule has 2 nitrogen and oxygen atoms in total. The van der Waals surface area contributed by atoms with Gasteiger partial charge in [0.1, 0.15) is 0 Å². The normalized spacial score (nSPS) is 16.4. The molecule has 1 aliphatic carbocycles. The average Bonchev–Trinajstić information content (AvgIpc) is 2.28. The minimum Gasteiger partial charge on any atom is -0.366 e. The van der Waals surface area contributed by atoms with E-state index in [9.17, 15) is 4.79 Å². The Labute approximate surface area is 72.5 Å². The summed E-state index contributed by atoms with van der Waals surface area (Å²) in [6, 6.07) is 0. The van der Waals surface area contributed by atoms with E-state index < -0.39 is 0 Å². The molecule has 0 unspecified atom stereocenters. The maximum atomic E-state index is 10.8. The van der Waals surface area contributed by atoms with Gasteiger partial charge in [0.15, 0.2) is 0 Å². The quantitative estimate of drug-likeness (QED) is 0.661. The molecule has 2 N–H and O–H groups in total. The lowest BCUT2D eigenvalue weighted by Crippen LogP contribution is -2.12. The first-order valence-electron chi connectivity index (χ1n) is 4.11. The maximum absolute atomic E-state index is 10.8. The van der Waals surface area contributed by atoms with Crippen LogP contribution in [-0.4, -0.2) is 5.91 Å². The summed E-state index contributed by atoms with van der Waals surface area (Å²) in [5.74, 6) is -0.350. The first-order chi connectivity index (χ1) is 5.74. The molecule has 0 aromatic carbocycles. The van der Waals surface area contributed by atoms with Crippen molar-refractivity contribution in [2.24, 2.45) is 5.73 Å². The highest BCUT2D eigenvalue weighted by atomic mass is 16.1. The molecule has 0 radical (unpaired) electrons. The third kappa shape index (κ3) is 2.09. The number of carbonyl (C=O) groups is 1. The predicted octanol–water partition coefficient (Wildman–Crippen LogP) is 1.69. The molecule has 0 saturated heterocycles. The zero-order chi connectivity index (χ0) is 8.97. The summed E-state index contributed by atoms with van der Waals surface area (Å²) in [7, 11) is 0. The Kier molecular flexibility index (Phi) is 2.86. The summed E-state index contributed by atoms with van der Waals surface area (Å²) in [6.07, 6.45) is 9.48. The molecule has 64 valence electrons. The number of hydrogen-bond donors (Lipinski definition) is 1. The molecule has 2 heteroatoms. The van der Waals surface area contributed by atoms with E-state index in [-0.39, 0.29) is 5.91 Å². The van der Waals surface area contributed by atoms with Gasteiger partial charge in [0.2, 0.25) is 5.91 Å². The fourth-order valence-corrected chi connectivity index (χ4v) is 1.12. The molecule has 1 rings (SSSR count). The standard InChI is InChI=1S/C10H13NO/c1-2-8-4-3-5-9(7-6-8)10(11)12/h4-7H,2-3H2,1H3,(H2,11,12). The molecule has 0 heterocycles. The fourth-order valence-electron chi connectivity index (χ4n) is 1.12. The second-order valence-electron chi connectivity index (χ2n) is 2.73. The number of amides is 1. The Morgan fingerprint density at radius 2 is 2.25 bits per heavy atom. The van der Waals surface area contributed by atoms with Crippen molar-refractivity contribution in [3.63, 3.8) is 0 Å². The van der Waals surface area contributed by atoms with Crippen molar-refractivity contribution in [2.75, 3.05) is 0 Å². The van der Waals surface area contributed by atoms with E-state index in [4.69, 9.17) is 5.73 Å². The molecule has 0 saturated carbocycles. The van der Waals surface area contributed by atoms with Crippen molar-refractivity contribution in [2.45, 2.75) is 19.8 Å². The van der Waals surface area contributed by atoms with Gasteiger partial charge in [-0.05, 0) is 18.9 Å². The second kappa shape index (κ2) is 3.90. The van der Waals surface area contributed by atoms with Crippen LogP contribution in [0.25, 0.3) is 0 Å². The van der Waals surface area contributed by atoms with Crippen LogP contribution in [0.1, 0.15) is 19.8 Å². The zero-order valence-corrected chi connectivity index (χ0v) is 7.21. The van der Waals surface area contributed by atoms with Crippen LogP contribution >= 0.6 is 0 Å². The highest BCUT2D eigenvalue weighted by Gasteiger charge is 2.01. The Hall–Kier alpha value is -1.31. The highest BCUT2D eigenvalue weighted by Crippen LogP contribution is 2.12. The average molecular weight is 163 g/mol. The Morgan fingerprint density at radius 1 is 1.50 bits per heavy atom. The van der Waals surface area contributed by atoms with Crippen LogP contribution in [0.15, 0.2) is 35.5 Å². The van der Waals surface area contributed by atoms with Crippen molar-refractivity contribution in [3.8, 4) is 0 Å². The lowest BCUT2D eigenvalue weighted by atomic mass is 10.2. The summed E-state index contributed by atoms with van der Waals surface area (Å²) in [6.45, 7) is 2.09. The smallest absolute Gasteiger partial charge is 0.248 e. The van der Waals surface area contributed by atoms with Gasteiger partial charge in [-0.2, -0.15) is 0 Å². The van der Waals surface area contributed by atoms with Crippen LogP contribution < -0.4 is 5.73 Å². The van der Waals surface area contributed by atoms with Gasteiger partial charge in [0.25, 0.3) is 0 Å². The molecule has 0 fully saturated rings. The van der Waals surface area contributed by atoms with Gasteiger partial charge in [-0.1, -0.05) is 30.7 Å². The van der Waals surface area contributed by atoms with Gasteiger partial charge >= 0.3 is 0 Å². The Bertz CT molecular complexity index is 272. The molecule has 0 aromatic rings. The summed E-state index contributed by atoms with van der Waals surface area (Å²) in [5.41, 5.74) is 7.00. The van der Waals surface area contributed by atoms with Crippen molar-refractivity contribution in [1.82, 2.24) is 0 Å². The first kappa shape index (κ1) is 8.78. The largest absolute Gasteiger partial charge is 0.366 e. The van der Waals surface area contributed by atoms with Crippen LogP contribution in [0, 0.1) is 0 Å². The van der Waals surface area contributed by atoms with E-state index in [1.54, 1.807) is 6.08 Å². The van der Waals surface area contributed by atoms with E-state index in [1.807, 2.05) is 12.2 Å². The van der Waals surface area contributed by atoms with Crippen LogP contribution in [-0.2, 0) is 4.79 Å². The number of hydrogen-bond acceptors (Lipinski definition) is 1. The molecule has 1 amide bonds. The minimum absolute atomic E-state index is 0.350. The van der Waals surface area contributed by atoms with Crippen LogP contribution in [0.2, 0.25) is 0 Å². The Balaban J connectivity index is 2.77. The molecule has 1 aliphatic rings. The summed E-state index contributed by atoms with van der Waals surface area (Å²) in [5, 5.41) is 0. The topological polar surface area (TPSA) is 43.1 Å². The zero-order valence-electron chi connectivity index (χ0n) is 7.21. The molecule has 0 bridgehead atoms. The number of primary amides is 1. The van der Waals surface area contributed by atoms with Crippen molar-refractivity contribution >= 4 is 5.91 Å². The summed E-state index contributed by atoms with van der Waals surface area (Å²) < 4.78 is 0. The molecular weight excluding hydrogens is 150 g/mol. The van der Waals surface area contributed by atoms with Gasteiger partial charge in [-0.3, -0.25) is 4.79 Å². The highest BCUT2D eigenvalue weighted by molar-refractivity contribution is 5.95. The number of carbonyl (C=O) groups excluding carboxylic acids is 1. The van der Waals surface area contributed by atoms with E-state index in [2.05, 4.69) is 13.0 Å². The number of rotatable bonds is 2. The number of allylic oxidation sites excluding steroid dienone is 4. The molecule has 0 atom stereocenters. The SMILES string of the molecule is CCC1=CCC=C(C(N)=O)C=C1. The van der Waals surface area contributed by atoms with Gasteiger partial charge in [0, 0.05) is 5.57 Å². The third-order valence-corrected chi connectivity index (χ3v) is 1.89. The van der Waals surface area contributed by atoms with Gasteiger partial charge < -0.3 is 5.73 Å². The summed E-state index contributed by atoms with van der Waals surface area (Å²) in [4.78, 5) is 10.8. The maximum Gasteiger partial charge on any atom is 0.248 e. The monoisotopic (exact) mass is 163 g/mol. The third-order valence-electron chi connectivity index (χ3n) is 1.89. The molecule has 0 aromatic heterocycles. The van der Waals surface area contributed by atoms with Crippen molar-refractivity contribution in [1.29, 1.82) is 0 Å². The van der Waals surface area contributed by atoms with Gasteiger partial charge in [0.05, 0.1) is 0 Å². The second-order valence-corrected chi connectivity index (χ2v) is 2.73. The lowest BCUT2D eigenvalue weighted by molar-refractivity contribution is -0.114. The molecular formula is C10H13NO. The van der Waals surface area contributed by atoms with E-state index >= 15 is 0 Å². The van der Waals surface area contributed by atoms with Gasteiger partial charge in [-0.25, -0.2) is 0 Å². The molecule has 0 aliphatic heterocycles. The molecule has 12 heavy (non-hydrogen) atoms. The fraction of sp³-hybridized carbons (Fsp3) is 0.300. The first-order valence-corrected chi connectivity index (χ1v) is 4.11. The number of nitrogens with two attached hydrogens (primary N) is 1. The minimum atomic E-state index is -0.350. The summed E-state index contributed by atoms with van der Waals surface area (Å²) >= 11 is 0. The van der Waals surface area contributed by atoms with Crippen LogP contribution in [0.3, 0.4) is 0 Å². The van der Waals surface area contributed by atoms with E-state index in [1.165, 1.54) is 5.57 Å².